The van der Waals surface area contributed by atoms with E-state index in [0.717, 1.165) is 23.7 Å². The van der Waals surface area contributed by atoms with E-state index in [1.165, 1.54) is 12.8 Å². The zero-order valence-corrected chi connectivity index (χ0v) is 15.7. The van der Waals surface area contributed by atoms with Crippen molar-refractivity contribution >= 4 is 6.03 Å². The molecule has 2 fully saturated rings. The predicted molar refractivity (Wildman–Crippen MR) is 99.7 cm³/mol. The average Bonchev–Trinajstić information content (AvgIpc) is 3.27. The first-order valence-corrected chi connectivity index (χ1v) is 9.38. The van der Waals surface area contributed by atoms with Crippen molar-refractivity contribution in [1.29, 1.82) is 0 Å². The van der Waals surface area contributed by atoms with Crippen LogP contribution in [0.1, 0.15) is 45.6 Å². The van der Waals surface area contributed by atoms with Crippen LogP contribution in [0, 0.1) is 16.7 Å². The van der Waals surface area contributed by atoms with Crippen molar-refractivity contribution in [2.24, 2.45) is 16.7 Å². The highest BCUT2D eigenvalue weighted by Crippen LogP contribution is 2.65. The zero-order chi connectivity index (χ0) is 18.4. The van der Waals surface area contributed by atoms with Gasteiger partial charge in [-0.05, 0) is 47.6 Å². The minimum atomic E-state index is -0.0849. The van der Waals surface area contributed by atoms with Crippen molar-refractivity contribution < 1.29 is 4.79 Å². The van der Waals surface area contributed by atoms with Gasteiger partial charge < -0.3 is 10.6 Å². The van der Waals surface area contributed by atoms with Crippen LogP contribution in [0.2, 0.25) is 0 Å². The largest absolute Gasteiger partial charge is 0.335 e. The van der Waals surface area contributed by atoms with E-state index < -0.39 is 0 Å². The summed E-state index contributed by atoms with van der Waals surface area (Å²) in [6.07, 6.45) is 10.7. The van der Waals surface area contributed by atoms with Gasteiger partial charge in [-0.1, -0.05) is 26.8 Å². The number of imidazole rings is 1. The van der Waals surface area contributed by atoms with E-state index >= 15 is 0 Å². The Labute approximate surface area is 154 Å². The third-order valence-corrected chi connectivity index (χ3v) is 7.13. The minimum Gasteiger partial charge on any atom is -0.335 e. The molecule has 0 aliphatic heterocycles. The number of carbonyl (C=O) groups is 1. The summed E-state index contributed by atoms with van der Waals surface area (Å²) >= 11 is 0. The zero-order valence-electron chi connectivity index (χ0n) is 15.7. The molecule has 0 spiro atoms. The quantitative estimate of drug-likeness (QED) is 0.886. The topological polar surface area (TPSA) is 71.8 Å². The van der Waals surface area contributed by atoms with Gasteiger partial charge in [0.05, 0.1) is 0 Å². The summed E-state index contributed by atoms with van der Waals surface area (Å²) in [5.74, 6) is 1.53. The van der Waals surface area contributed by atoms with E-state index in [-0.39, 0.29) is 17.5 Å². The fourth-order valence-electron chi connectivity index (χ4n) is 4.88. The number of nitrogens with one attached hydrogen (secondary N) is 2. The van der Waals surface area contributed by atoms with E-state index in [0.29, 0.717) is 12.0 Å². The number of carbonyl (C=O) groups excluding carboxylic acids is 1. The smallest absolute Gasteiger partial charge is 0.315 e. The van der Waals surface area contributed by atoms with Crippen LogP contribution in [0.5, 0.6) is 0 Å². The van der Waals surface area contributed by atoms with Gasteiger partial charge in [-0.25, -0.2) is 14.8 Å². The van der Waals surface area contributed by atoms with E-state index in [2.05, 4.69) is 41.4 Å². The molecule has 2 amide bonds. The Bertz CT molecular complexity index is 783. The number of hydrogen-bond donors (Lipinski definition) is 2. The molecule has 0 aromatic carbocycles. The summed E-state index contributed by atoms with van der Waals surface area (Å²) in [5.41, 5.74) is 1.48. The van der Waals surface area contributed by atoms with Crippen LogP contribution in [0.15, 0.2) is 37.1 Å². The summed E-state index contributed by atoms with van der Waals surface area (Å²) in [7, 11) is 0. The summed E-state index contributed by atoms with van der Waals surface area (Å²) in [6, 6.07) is 4.08. The molecular weight excluding hydrogens is 326 g/mol. The summed E-state index contributed by atoms with van der Waals surface area (Å²) in [5, 5.41) is 6.20. The van der Waals surface area contributed by atoms with Crippen LogP contribution < -0.4 is 10.6 Å². The van der Waals surface area contributed by atoms with Gasteiger partial charge in [0.15, 0.2) is 0 Å². The first kappa shape index (κ1) is 17.1. The number of pyridine rings is 1. The lowest BCUT2D eigenvalue weighted by atomic mass is 9.69. The first-order valence-electron chi connectivity index (χ1n) is 9.38. The maximum absolute atomic E-state index is 12.4. The lowest BCUT2D eigenvalue weighted by Gasteiger charge is -2.39. The highest BCUT2D eigenvalue weighted by Gasteiger charge is 2.61. The second-order valence-corrected chi connectivity index (χ2v) is 8.48. The minimum absolute atomic E-state index is 0.0849. The second-order valence-electron chi connectivity index (χ2n) is 8.48. The molecular formula is C20H27N5O. The highest BCUT2D eigenvalue weighted by atomic mass is 16.2. The number of nitrogens with zero attached hydrogens (tertiary/aromatic N) is 3. The van der Waals surface area contributed by atoms with Gasteiger partial charge in [0.25, 0.3) is 0 Å². The van der Waals surface area contributed by atoms with Crippen molar-refractivity contribution in [2.45, 2.75) is 52.6 Å². The van der Waals surface area contributed by atoms with E-state index in [1.54, 1.807) is 18.7 Å². The first-order chi connectivity index (χ1) is 12.4. The molecule has 0 radical (unpaired) electrons. The van der Waals surface area contributed by atoms with Gasteiger partial charge in [-0.3, -0.25) is 4.57 Å². The molecule has 2 aromatic rings. The summed E-state index contributed by atoms with van der Waals surface area (Å²) in [4.78, 5) is 20.8. The van der Waals surface area contributed by atoms with Gasteiger partial charge >= 0.3 is 6.03 Å². The maximum atomic E-state index is 12.4. The summed E-state index contributed by atoms with van der Waals surface area (Å²) in [6.45, 7) is 7.53. The monoisotopic (exact) mass is 353 g/mol. The third-order valence-electron chi connectivity index (χ3n) is 7.13. The van der Waals surface area contributed by atoms with E-state index in [4.69, 9.17) is 0 Å². The van der Waals surface area contributed by atoms with Crippen molar-refractivity contribution in [3.63, 3.8) is 0 Å². The van der Waals surface area contributed by atoms with E-state index in [9.17, 15) is 4.79 Å². The molecule has 2 aliphatic rings. The van der Waals surface area contributed by atoms with Gasteiger partial charge in [-0.2, -0.15) is 0 Å². The number of urea groups is 1. The molecule has 138 valence electrons. The predicted octanol–water partition coefficient (Wildman–Crippen LogP) is 3.28. The molecule has 3 unspecified atom stereocenters. The number of rotatable bonds is 4. The molecule has 2 saturated carbocycles. The molecule has 4 rings (SSSR count). The standard InChI is InChI=1S/C20H27N5O/c1-19(2)15-6-7-20(19,3)16(10-15)24-18(26)23-12-14-4-5-17(22-11-14)25-9-8-21-13-25/h4-5,8-9,11,13,15-16H,6-7,10,12H2,1-3H3,(H2,23,24,26). The number of hydrogen-bond acceptors (Lipinski definition) is 3. The molecule has 6 heteroatoms. The second kappa shape index (κ2) is 6.11. The lowest BCUT2D eigenvalue weighted by molar-refractivity contribution is 0.123. The Morgan fingerprint density at radius 2 is 2.19 bits per heavy atom. The van der Waals surface area contributed by atoms with Gasteiger partial charge in [0, 0.05) is 31.2 Å². The van der Waals surface area contributed by atoms with E-state index in [1.807, 2.05) is 22.9 Å². The lowest BCUT2D eigenvalue weighted by Crippen LogP contribution is -2.49. The van der Waals surface area contributed by atoms with Crippen molar-refractivity contribution in [3.05, 3.63) is 42.6 Å². The molecule has 0 saturated heterocycles. The normalized spacial score (nSPS) is 28.9. The van der Waals surface area contributed by atoms with Gasteiger partial charge in [0.1, 0.15) is 12.1 Å². The molecule has 26 heavy (non-hydrogen) atoms. The molecule has 2 bridgehead atoms. The van der Waals surface area contributed by atoms with Crippen molar-refractivity contribution in [2.75, 3.05) is 0 Å². The molecule has 3 atom stereocenters. The highest BCUT2D eigenvalue weighted by molar-refractivity contribution is 5.74. The Morgan fingerprint density at radius 3 is 2.77 bits per heavy atom. The Hall–Kier alpha value is -2.37. The number of fused-ring (bicyclic) bond motifs is 2. The third kappa shape index (κ3) is 2.68. The molecule has 2 N–H and O–H groups in total. The van der Waals surface area contributed by atoms with Crippen LogP contribution in [-0.4, -0.2) is 26.6 Å². The van der Waals surface area contributed by atoms with Crippen LogP contribution in [0.25, 0.3) is 5.82 Å². The molecule has 2 heterocycles. The SMILES string of the molecule is CC1(C)C2CCC1(C)C(NC(=O)NCc1ccc(-n3ccnc3)nc1)C2. The number of aromatic nitrogens is 3. The molecule has 6 nitrogen and oxygen atoms in total. The fourth-order valence-corrected chi connectivity index (χ4v) is 4.88. The molecule has 2 aliphatic carbocycles. The van der Waals surface area contributed by atoms with Gasteiger partial charge in [-0.15, -0.1) is 0 Å². The van der Waals surface area contributed by atoms with Crippen LogP contribution in [0.4, 0.5) is 4.79 Å². The van der Waals surface area contributed by atoms with Gasteiger partial charge in [0.2, 0.25) is 0 Å². The summed E-state index contributed by atoms with van der Waals surface area (Å²) < 4.78 is 1.85. The Balaban J connectivity index is 1.32. The van der Waals surface area contributed by atoms with Crippen LogP contribution in [0.3, 0.4) is 0 Å². The fraction of sp³-hybridized carbons (Fsp3) is 0.550. The number of amides is 2. The average molecular weight is 353 g/mol. The van der Waals surface area contributed by atoms with Crippen molar-refractivity contribution in [1.82, 2.24) is 25.2 Å². The Kier molecular flexibility index (Phi) is 4.01. The van der Waals surface area contributed by atoms with Crippen LogP contribution >= 0.6 is 0 Å². The Morgan fingerprint density at radius 1 is 1.35 bits per heavy atom. The van der Waals surface area contributed by atoms with Crippen molar-refractivity contribution in [3.8, 4) is 5.82 Å². The molecule has 2 aromatic heterocycles. The maximum Gasteiger partial charge on any atom is 0.315 e. The van der Waals surface area contributed by atoms with Crippen LogP contribution in [-0.2, 0) is 6.54 Å².